The fraction of sp³-hybridized carbons (Fsp3) is 0.684. The van der Waals surface area contributed by atoms with Crippen molar-refractivity contribution in [2.45, 2.75) is 51.2 Å². The molecule has 2 fully saturated rings. The Morgan fingerprint density at radius 2 is 2.20 bits per heavy atom. The van der Waals surface area contributed by atoms with E-state index in [0.29, 0.717) is 13.0 Å². The van der Waals surface area contributed by atoms with E-state index in [4.69, 9.17) is 9.47 Å². The third kappa shape index (κ3) is 5.41. The smallest absolute Gasteiger partial charge is 0.225 e. The SMILES string of the molecule is Cc1cccc(NCC2CCCN2C(=O)CCOC2CCOCC2)n1. The van der Waals surface area contributed by atoms with Crippen LogP contribution in [0.3, 0.4) is 0 Å². The molecule has 1 aromatic rings. The first-order valence-electron chi connectivity index (χ1n) is 9.39. The standard InChI is InChI=1S/C19H29N3O3/c1-15-4-2-6-18(21-15)20-14-16-5-3-10-22(16)19(23)9-13-25-17-7-11-24-12-8-17/h2,4,6,16-17H,3,5,7-14H2,1H3,(H,20,21). The average Bonchev–Trinajstić information content (AvgIpc) is 3.09. The summed E-state index contributed by atoms with van der Waals surface area (Å²) in [7, 11) is 0. The van der Waals surface area contributed by atoms with Crippen molar-refractivity contribution in [3.8, 4) is 0 Å². The molecule has 138 valence electrons. The Morgan fingerprint density at radius 1 is 1.36 bits per heavy atom. The van der Waals surface area contributed by atoms with Crippen LogP contribution in [0, 0.1) is 6.92 Å². The molecular weight excluding hydrogens is 318 g/mol. The van der Waals surface area contributed by atoms with Crippen molar-refractivity contribution in [2.24, 2.45) is 0 Å². The van der Waals surface area contributed by atoms with E-state index in [0.717, 1.165) is 63.5 Å². The van der Waals surface area contributed by atoms with Crippen LogP contribution >= 0.6 is 0 Å². The molecule has 0 radical (unpaired) electrons. The molecule has 0 aromatic carbocycles. The topological polar surface area (TPSA) is 63.7 Å². The van der Waals surface area contributed by atoms with Gasteiger partial charge in [-0.2, -0.15) is 0 Å². The van der Waals surface area contributed by atoms with E-state index in [1.54, 1.807) is 0 Å². The van der Waals surface area contributed by atoms with Gasteiger partial charge in [-0.1, -0.05) is 6.07 Å². The molecule has 1 atom stereocenters. The monoisotopic (exact) mass is 347 g/mol. The Labute approximate surface area is 149 Å². The second-order valence-electron chi connectivity index (χ2n) is 6.86. The van der Waals surface area contributed by atoms with Gasteiger partial charge in [0.15, 0.2) is 0 Å². The summed E-state index contributed by atoms with van der Waals surface area (Å²) < 4.78 is 11.2. The summed E-state index contributed by atoms with van der Waals surface area (Å²) in [6.45, 7) is 5.64. The first-order valence-corrected chi connectivity index (χ1v) is 9.39. The molecule has 0 saturated carbocycles. The molecule has 3 heterocycles. The third-order valence-electron chi connectivity index (χ3n) is 4.94. The number of nitrogens with one attached hydrogen (secondary N) is 1. The van der Waals surface area contributed by atoms with E-state index in [1.165, 1.54) is 0 Å². The summed E-state index contributed by atoms with van der Waals surface area (Å²) in [6, 6.07) is 6.19. The van der Waals surface area contributed by atoms with E-state index in [-0.39, 0.29) is 18.1 Å². The van der Waals surface area contributed by atoms with Crippen molar-refractivity contribution < 1.29 is 14.3 Å². The number of aryl methyl sites for hydroxylation is 1. The Morgan fingerprint density at radius 3 is 3.00 bits per heavy atom. The Kier molecular flexibility index (Phi) is 6.64. The highest BCUT2D eigenvalue weighted by atomic mass is 16.5. The summed E-state index contributed by atoms with van der Waals surface area (Å²) in [5.41, 5.74) is 0.995. The molecule has 0 bridgehead atoms. The molecule has 3 rings (SSSR count). The minimum Gasteiger partial charge on any atom is -0.381 e. The highest BCUT2D eigenvalue weighted by Gasteiger charge is 2.28. The number of pyridine rings is 1. The highest BCUT2D eigenvalue weighted by molar-refractivity contribution is 5.77. The minimum atomic E-state index is 0.202. The van der Waals surface area contributed by atoms with Gasteiger partial charge in [-0.15, -0.1) is 0 Å². The first kappa shape index (κ1) is 18.1. The maximum Gasteiger partial charge on any atom is 0.225 e. The lowest BCUT2D eigenvalue weighted by Gasteiger charge is -2.26. The highest BCUT2D eigenvalue weighted by Crippen LogP contribution is 2.19. The lowest BCUT2D eigenvalue weighted by Crippen LogP contribution is -2.40. The second kappa shape index (κ2) is 9.15. The summed E-state index contributed by atoms with van der Waals surface area (Å²) >= 11 is 0. The number of amides is 1. The van der Waals surface area contributed by atoms with Crippen LogP contribution < -0.4 is 5.32 Å². The number of hydrogen-bond acceptors (Lipinski definition) is 5. The predicted octanol–water partition coefficient (Wildman–Crippen LogP) is 2.38. The van der Waals surface area contributed by atoms with Gasteiger partial charge in [0.2, 0.25) is 5.91 Å². The van der Waals surface area contributed by atoms with E-state index >= 15 is 0 Å². The third-order valence-corrected chi connectivity index (χ3v) is 4.94. The van der Waals surface area contributed by atoms with Crippen molar-refractivity contribution in [3.63, 3.8) is 0 Å². The number of carbonyl (C=O) groups is 1. The van der Waals surface area contributed by atoms with Crippen LogP contribution in [0.15, 0.2) is 18.2 Å². The maximum atomic E-state index is 12.5. The molecule has 1 N–H and O–H groups in total. The molecule has 6 nitrogen and oxygen atoms in total. The van der Waals surface area contributed by atoms with E-state index < -0.39 is 0 Å². The number of aromatic nitrogens is 1. The van der Waals surface area contributed by atoms with Crippen LogP contribution in [0.2, 0.25) is 0 Å². The largest absolute Gasteiger partial charge is 0.381 e. The van der Waals surface area contributed by atoms with Gasteiger partial charge in [-0.25, -0.2) is 4.98 Å². The lowest BCUT2D eigenvalue weighted by atomic mass is 10.1. The number of hydrogen-bond donors (Lipinski definition) is 1. The number of ether oxygens (including phenoxy) is 2. The van der Waals surface area contributed by atoms with E-state index in [9.17, 15) is 4.79 Å². The molecular formula is C19H29N3O3. The van der Waals surface area contributed by atoms with E-state index in [2.05, 4.69) is 10.3 Å². The van der Waals surface area contributed by atoms with Gasteiger partial charge < -0.3 is 19.7 Å². The zero-order valence-electron chi connectivity index (χ0n) is 15.1. The lowest BCUT2D eigenvalue weighted by molar-refractivity contribution is -0.133. The van der Waals surface area contributed by atoms with Gasteiger partial charge in [-0.05, 0) is 44.7 Å². The Bertz CT molecular complexity index is 561. The summed E-state index contributed by atoms with van der Waals surface area (Å²) in [4.78, 5) is 19.0. The van der Waals surface area contributed by atoms with Crippen molar-refractivity contribution in [1.29, 1.82) is 0 Å². The summed E-state index contributed by atoms with van der Waals surface area (Å²) in [5.74, 6) is 1.08. The molecule has 2 aliphatic rings. The van der Waals surface area contributed by atoms with Gasteiger partial charge >= 0.3 is 0 Å². The quantitative estimate of drug-likeness (QED) is 0.820. The van der Waals surface area contributed by atoms with Crippen molar-refractivity contribution in [1.82, 2.24) is 9.88 Å². The van der Waals surface area contributed by atoms with Crippen molar-refractivity contribution in [3.05, 3.63) is 23.9 Å². The molecule has 6 heteroatoms. The maximum absolute atomic E-state index is 12.5. The number of nitrogens with zero attached hydrogens (tertiary/aromatic N) is 2. The van der Waals surface area contributed by atoms with Crippen LogP contribution in [0.1, 0.15) is 37.8 Å². The molecule has 1 unspecified atom stereocenters. The predicted molar refractivity (Wildman–Crippen MR) is 96.6 cm³/mol. The fourth-order valence-electron chi connectivity index (χ4n) is 3.54. The normalized spacial score (nSPS) is 21.5. The number of rotatable bonds is 7. The molecule has 2 aliphatic heterocycles. The molecule has 1 aromatic heterocycles. The fourth-order valence-corrected chi connectivity index (χ4v) is 3.54. The van der Waals surface area contributed by atoms with Crippen molar-refractivity contribution in [2.75, 3.05) is 38.2 Å². The Hall–Kier alpha value is -1.66. The summed E-state index contributed by atoms with van der Waals surface area (Å²) in [6.07, 6.45) is 4.72. The molecule has 0 aliphatic carbocycles. The molecule has 25 heavy (non-hydrogen) atoms. The van der Waals surface area contributed by atoms with Gasteiger partial charge in [0.05, 0.1) is 19.1 Å². The first-order chi connectivity index (χ1) is 12.2. The van der Waals surface area contributed by atoms with Crippen LogP contribution in [-0.4, -0.2) is 60.8 Å². The van der Waals surface area contributed by atoms with Crippen LogP contribution in [0.5, 0.6) is 0 Å². The van der Waals surface area contributed by atoms with Gasteiger partial charge in [0.1, 0.15) is 5.82 Å². The minimum absolute atomic E-state index is 0.202. The zero-order valence-corrected chi connectivity index (χ0v) is 15.1. The van der Waals surface area contributed by atoms with E-state index in [1.807, 2.05) is 30.0 Å². The molecule has 0 spiro atoms. The van der Waals surface area contributed by atoms with Gasteiger partial charge in [0, 0.05) is 38.0 Å². The average molecular weight is 347 g/mol. The number of anilines is 1. The summed E-state index contributed by atoms with van der Waals surface area (Å²) in [5, 5.41) is 3.37. The zero-order chi connectivity index (χ0) is 17.5. The van der Waals surface area contributed by atoms with Gasteiger partial charge in [0.25, 0.3) is 0 Å². The van der Waals surface area contributed by atoms with Crippen molar-refractivity contribution >= 4 is 11.7 Å². The Balaban J connectivity index is 1.41. The van der Waals surface area contributed by atoms with Crippen LogP contribution in [0.4, 0.5) is 5.82 Å². The molecule has 1 amide bonds. The number of carbonyl (C=O) groups excluding carboxylic acids is 1. The van der Waals surface area contributed by atoms with Crippen LogP contribution in [-0.2, 0) is 14.3 Å². The van der Waals surface area contributed by atoms with Crippen LogP contribution in [0.25, 0.3) is 0 Å². The second-order valence-corrected chi connectivity index (χ2v) is 6.86. The number of likely N-dealkylation sites (tertiary alicyclic amines) is 1. The molecule has 2 saturated heterocycles. The van der Waals surface area contributed by atoms with Gasteiger partial charge in [-0.3, -0.25) is 4.79 Å².